The first-order valence-corrected chi connectivity index (χ1v) is 8.46. The fraction of sp³-hybridized carbons (Fsp3) is 0.0455. The van der Waals surface area contributed by atoms with Crippen LogP contribution < -0.4 is 15.4 Å². The van der Waals surface area contributed by atoms with Crippen LogP contribution in [0.2, 0.25) is 0 Å². The Balaban J connectivity index is 1.70. The molecule has 0 spiro atoms. The van der Waals surface area contributed by atoms with Gasteiger partial charge in [0.2, 0.25) is 0 Å². The molecule has 2 N–H and O–H groups in total. The molecule has 138 valence electrons. The second-order valence-electron chi connectivity index (χ2n) is 5.91. The number of ether oxygens (including phenoxy) is 1. The van der Waals surface area contributed by atoms with E-state index in [-0.39, 0.29) is 11.8 Å². The molecule has 0 fully saturated rings. The number of carbonyl (C=O) groups is 2. The SMILES string of the molecule is COc1ccc(NC(=O)c2cccc(C(=O)Nc3ccc(C#N)cc3)c2)cc1. The molecule has 0 bridgehead atoms. The van der Waals surface area contributed by atoms with Crippen molar-refractivity contribution in [2.24, 2.45) is 0 Å². The van der Waals surface area contributed by atoms with Crippen LogP contribution in [0.15, 0.2) is 72.8 Å². The fourth-order valence-corrected chi connectivity index (χ4v) is 2.51. The fourth-order valence-electron chi connectivity index (χ4n) is 2.51. The quantitative estimate of drug-likeness (QED) is 0.707. The summed E-state index contributed by atoms with van der Waals surface area (Å²) < 4.78 is 5.09. The highest BCUT2D eigenvalue weighted by molar-refractivity contribution is 6.08. The van der Waals surface area contributed by atoms with Crippen molar-refractivity contribution in [3.8, 4) is 11.8 Å². The zero-order valence-corrected chi connectivity index (χ0v) is 15.1. The van der Waals surface area contributed by atoms with Gasteiger partial charge in [-0.2, -0.15) is 5.26 Å². The Morgan fingerprint density at radius 2 is 1.32 bits per heavy atom. The number of rotatable bonds is 5. The molecule has 0 atom stereocenters. The number of methoxy groups -OCH3 is 1. The number of amides is 2. The lowest BCUT2D eigenvalue weighted by molar-refractivity contribution is 0.102. The Hall–Kier alpha value is -4.11. The van der Waals surface area contributed by atoms with Crippen LogP contribution in [0.1, 0.15) is 26.3 Å². The maximum atomic E-state index is 12.5. The number of hydrogen-bond acceptors (Lipinski definition) is 4. The summed E-state index contributed by atoms with van der Waals surface area (Å²) in [6.45, 7) is 0. The third-order valence-electron chi connectivity index (χ3n) is 4.01. The van der Waals surface area contributed by atoms with Crippen molar-refractivity contribution in [1.82, 2.24) is 0 Å². The number of carbonyl (C=O) groups excluding carboxylic acids is 2. The highest BCUT2D eigenvalue weighted by atomic mass is 16.5. The van der Waals surface area contributed by atoms with Crippen LogP contribution in [-0.4, -0.2) is 18.9 Å². The summed E-state index contributed by atoms with van der Waals surface area (Å²) in [5, 5.41) is 14.3. The van der Waals surface area contributed by atoms with Gasteiger partial charge in [-0.05, 0) is 66.7 Å². The van der Waals surface area contributed by atoms with Crippen molar-refractivity contribution in [2.45, 2.75) is 0 Å². The molecule has 3 aromatic carbocycles. The zero-order chi connectivity index (χ0) is 19.9. The molecule has 0 aliphatic carbocycles. The van der Waals surface area contributed by atoms with Gasteiger partial charge in [-0.3, -0.25) is 9.59 Å². The summed E-state index contributed by atoms with van der Waals surface area (Å²) in [5.41, 5.74) is 2.42. The first-order valence-electron chi connectivity index (χ1n) is 8.46. The highest BCUT2D eigenvalue weighted by Crippen LogP contribution is 2.17. The lowest BCUT2D eigenvalue weighted by atomic mass is 10.1. The molecular weight excluding hydrogens is 354 g/mol. The largest absolute Gasteiger partial charge is 0.497 e. The minimum Gasteiger partial charge on any atom is -0.497 e. The first kappa shape index (κ1) is 18.7. The van der Waals surface area contributed by atoms with Crippen LogP contribution in [0.4, 0.5) is 11.4 Å². The van der Waals surface area contributed by atoms with E-state index in [4.69, 9.17) is 10.00 Å². The van der Waals surface area contributed by atoms with E-state index >= 15 is 0 Å². The van der Waals surface area contributed by atoms with Crippen molar-refractivity contribution in [3.05, 3.63) is 89.5 Å². The van der Waals surface area contributed by atoms with Gasteiger partial charge in [-0.15, -0.1) is 0 Å². The normalized spacial score (nSPS) is 9.86. The topological polar surface area (TPSA) is 91.2 Å². The maximum Gasteiger partial charge on any atom is 0.255 e. The number of nitrogens with zero attached hydrogens (tertiary/aromatic N) is 1. The average Bonchev–Trinajstić information content (AvgIpc) is 2.75. The second-order valence-corrected chi connectivity index (χ2v) is 5.91. The van der Waals surface area contributed by atoms with E-state index in [1.165, 1.54) is 6.07 Å². The summed E-state index contributed by atoms with van der Waals surface area (Å²) in [4.78, 5) is 24.9. The summed E-state index contributed by atoms with van der Waals surface area (Å²) in [6, 6.07) is 22.0. The number of nitrogens with one attached hydrogen (secondary N) is 2. The maximum absolute atomic E-state index is 12.5. The third-order valence-corrected chi connectivity index (χ3v) is 4.01. The van der Waals surface area contributed by atoms with Gasteiger partial charge in [-0.25, -0.2) is 0 Å². The van der Waals surface area contributed by atoms with Gasteiger partial charge in [-0.1, -0.05) is 6.07 Å². The number of nitriles is 1. The molecule has 6 nitrogen and oxygen atoms in total. The molecule has 0 aromatic heterocycles. The van der Waals surface area contributed by atoms with Gasteiger partial charge < -0.3 is 15.4 Å². The lowest BCUT2D eigenvalue weighted by Gasteiger charge is -2.09. The van der Waals surface area contributed by atoms with Gasteiger partial charge in [0, 0.05) is 22.5 Å². The van der Waals surface area contributed by atoms with Crippen LogP contribution in [0.25, 0.3) is 0 Å². The van der Waals surface area contributed by atoms with E-state index in [0.717, 1.165) is 0 Å². The smallest absolute Gasteiger partial charge is 0.255 e. The lowest BCUT2D eigenvalue weighted by Crippen LogP contribution is -2.15. The van der Waals surface area contributed by atoms with E-state index in [1.54, 1.807) is 73.8 Å². The number of hydrogen-bond donors (Lipinski definition) is 2. The van der Waals surface area contributed by atoms with Gasteiger partial charge in [0.05, 0.1) is 18.7 Å². The molecule has 0 heterocycles. The van der Waals surface area contributed by atoms with Crippen LogP contribution >= 0.6 is 0 Å². The van der Waals surface area contributed by atoms with Crippen molar-refractivity contribution in [3.63, 3.8) is 0 Å². The van der Waals surface area contributed by atoms with Gasteiger partial charge in [0.25, 0.3) is 11.8 Å². The molecule has 0 unspecified atom stereocenters. The van der Waals surface area contributed by atoms with E-state index in [9.17, 15) is 9.59 Å². The molecule has 0 aliphatic heterocycles. The molecule has 6 heteroatoms. The van der Waals surface area contributed by atoms with E-state index in [0.29, 0.717) is 33.8 Å². The molecule has 28 heavy (non-hydrogen) atoms. The monoisotopic (exact) mass is 371 g/mol. The summed E-state index contributed by atoms with van der Waals surface area (Å²) in [5.74, 6) is 0.0291. The molecule has 0 saturated carbocycles. The van der Waals surface area contributed by atoms with Gasteiger partial charge >= 0.3 is 0 Å². The molecule has 2 amide bonds. The Morgan fingerprint density at radius 1 is 0.821 bits per heavy atom. The van der Waals surface area contributed by atoms with Crippen LogP contribution in [-0.2, 0) is 0 Å². The summed E-state index contributed by atoms with van der Waals surface area (Å²) >= 11 is 0. The molecule has 0 radical (unpaired) electrons. The van der Waals surface area contributed by atoms with Crippen molar-refractivity contribution < 1.29 is 14.3 Å². The number of benzene rings is 3. The van der Waals surface area contributed by atoms with E-state index in [2.05, 4.69) is 10.6 Å². The zero-order valence-electron chi connectivity index (χ0n) is 15.1. The minimum absolute atomic E-state index is 0.321. The Labute approximate surface area is 162 Å². The van der Waals surface area contributed by atoms with Crippen molar-refractivity contribution in [1.29, 1.82) is 5.26 Å². The Bertz CT molecular complexity index is 1040. The molecule has 0 saturated heterocycles. The number of anilines is 2. The Kier molecular flexibility index (Phi) is 5.68. The van der Waals surface area contributed by atoms with Crippen LogP contribution in [0.3, 0.4) is 0 Å². The minimum atomic E-state index is -0.344. The second kappa shape index (κ2) is 8.52. The highest BCUT2D eigenvalue weighted by Gasteiger charge is 2.11. The summed E-state index contributed by atoms with van der Waals surface area (Å²) in [7, 11) is 1.57. The van der Waals surface area contributed by atoms with E-state index < -0.39 is 0 Å². The van der Waals surface area contributed by atoms with Crippen molar-refractivity contribution >= 4 is 23.2 Å². The molecular formula is C22H17N3O3. The first-order chi connectivity index (χ1) is 13.6. The molecule has 3 rings (SSSR count). The van der Waals surface area contributed by atoms with Gasteiger partial charge in [0.1, 0.15) is 5.75 Å². The molecule has 3 aromatic rings. The van der Waals surface area contributed by atoms with Crippen LogP contribution in [0, 0.1) is 11.3 Å². The van der Waals surface area contributed by atoms with Gasteiger partial charge in [0.15, 0.2) is 0 Å². The average molecular weight is 371 g/mol. The van der Waals surface area contributed by atoms with Crippen molar-refractivity contribution in [2.75, 3.05) is 17.7 Å². The Morgan fingerprint density at radius 3 is 1.79 bits per heavy atom. The summed E-state index contributed by atoms with van der Waals surface area (Å²) in [6.07, 6.45) is 0. The standard InChI is InChI=1S/C22H17N3O3/c1-28-20-11-9-19(10-12-20)25-22(27)17-4-2-3-16(13-17)21(26)24-18-7-5-15(14-23)6-8-18/h2-13H,1H3,(H,24,26)(H,25,27). The van der Waals surface area contributed by atoms with Crippen LogP contribution in [0.5, 0.6) is 5.75 Å². The predicted molar refractivity (Wildman–Crippen MR) is 106 cm³/mol. The third kappa shape index (κ3) is 4.54. The molecule has 0 aliphatic rings. The predicted octanol–water partition coefficient (Wildman–Crippen LogP) is 4.07. The van der Waals surface area contributed by atoms with E-state index in [1.807, 2.05) is 6.07 Å².